The molecule has 1 fully saturated rings. The number of allylic oxidation sites excluding steroid dienone is 1. The van der Waals surface area contributed by atoms with E-state index in [0.29, 0.717) is 0 Å². The summed E-state index contributed by atoms with van der Waals surface area (Å²) in [5.74, 6) is -0.0934. The van der Waals surface area contributed by atoms with Gasteiger partial charge in [-0.2, -0.15) is 0 Å². The van der Waals surface area contributed by atoms with E-state index in [4.69, 9.17) is 4.74 Å². The first kappa shape index (κ1) is 9.77. The molecule has 1 saturated heterocycles. The minimum atomic E-state index is -0.0934. The highest BCUT2D eigenvalue weighted by atomic mass is 32.2. The standard InChI is InChI=1S/C10H13NO2S/c1-7-6-8(10(12)13-7)14-9-4-2-3-5-11-9/h4-5,7-8H,2-3,6H2,1H3. The van der Waals surface area contributed by atoms with Crippen LogP contribution in [-0.2, 0) is 9.53 Å². The van der Waals surface area contributed by atoms with Gasteiger partial charge in [0.2, 0.25) is 0 Å². The third-order valence-electron chi connectivity index (χ3n) is 2.22. The molecule has 2 aliphatic heterocycles. The molecule has 0 saturated carbocycles. The second-order valence-corrected chi connectivity index (χ2v) is 4.74. The molecule has 0 aromatic rings. The summed E-state index contributed by atoms with van der Waals surface area (Å²) in [6, 6.07) is 0. The molecule has 0 spiro atoms. The van der Waals surface area contributed by atoms with E-state index in [-0.39, 0.29) is 17.3 Å². The topological polar surface area (TPSA) is 38.7 Å². The molecule has 0 amide bonds. The third kappa shape index (κ3) is 2.18. The lowest BCUT2D eigenvalue weighted by molar-refractivity contribution is -0.140. The van der Waals surface area contributed by atoms with Crippen LogP contribution in [0.1, 0.15) is 26.2 Å². The molecule has 76 valence electrons. The molecule has 14 heavy (non-hydrogen) atoms. The smallest absolute Gasteiger partial charge is 0.319 e. The summed E-state index contributed by atoms with van der Waals surface area (Å²) in [7, 11) is 0. The van der Waals surface area contributed by atoms with Gasteiger partial charge < -0.3 is 4.74 Å². The average molecular weight is 211 g/mol. The van der Waals surface area contributed by atoms with Gasteiger partial charge >= 0.3 is 5.97 Å². The lowest BCUT2D eigenvalue weighted by Gasteiger charge is -2.07. The zero-order valence-electron chi connectivity index (χ0n) is 8.10. The summed E-state index contributed by atoms with van der Waals surface area (Å²) < 4.78 is 5.08. The van der Waals surface area contributed by atoms with E-state index in [1.165, 1.54) is 11.8 Å². The number of carbonyl (C=O) groups is 1. The molecular formula is C10H13NO2S. The second-order valence-electron chi connectivity index (χ2n) is 3.52. The van der Waals surface area contributed by atoms with Crippen LogP contribution in [0.4, 0.5) is 0 Å². The van der Waals surface area contributed by atoms with Gasteiger partial charge in [0.1, 0.15) is 11.4 Å². The maximum absolute atomic E-state index is 11.3. The van der Waals surface area contributed by atoms with Gasteiger partial charge in [0.15, 0.2) is 0 Å². The van der Waals surface area contributed by atoms with Crippen molar-refractivity contribution in [3.8, 4) is 0 Å². The predicted molar refractivity (Wildman–Crippen MR) is 57.4 cm³/mol. The summed E-state index contributed by atoms with van der Waals surface area (Å²) >= 11 is 1.53. The van der Waals surface area contributed by atoms with Crippen molar-refractivity contribution < 1.29 is 9.53 Å². The van der Waals surface area contributed by atoms with Crippen molar-refractivity contribution in [1.29, 1.82) is 0 Å². The molecule has 0 radical (unpaired) electrons. The number of cyclic esters (lactones) is 1. The van der Waals surface area contributed by atoms with Crippen molar-refractivity contribution in [2.45, 2.75) is 37.5 Å². The van der Waals surface area contributed by atoms with E-state index in [1.54, 1.807) is 0 Å². The van der Waals surface area contributed by atoms with Gasteiger partial charge in [-0.05, 0) is 19.8 Å². The van der Waals surface area contributed by atoms with Crippen LogP contribution in [0.2, 0.25) is 0 Å². The molecule has 2 rings (SSSR count). The Balaban J connectivity index is 1.94. The third-order valence-corrected chi connectivity index (χ3v) is 3.41. The summed E-state index contributed by atoms with van der Waals surface area (Å²) in [4.78, 5) is 15.6. The lowest BCUT2D eigenvalue weighted by Crippen LogP contribution is -2.09. The Morgan fingerprint density at radius 2 is 2.43 bits per heavy atom. The molecule has 2 aliphatic rings. The van der Waals surface area contributed by atoms with Gasteiger partial charge in [-0.3, -0.25) is 9.79 Å². The van der Waals surface area contributed by atoms with E-state index in [0.717, 1.165) is 24.3 Å². The van der Waals surface area contributed by atoms with Crippen molar-refractivity contribution in [2.75, 3.05) is 0 Å². The van der Waals surface area contributed by atoms with E-state index in [1.807, 2.05) is 13.1 Å². The SMILES string of the molecule is CC1CC(SC2=CCCC=N2)C(=O)O1. The molecular weight excluding hydrogens is 198 g/mol. The van der Waals surface area contributed by atoms with Crippen LogP contribution in [0.5, 0.6) is 0 Å². The molecule has 0 aromatic carbocycles. The Kier molecular flexibility index (Phi) is 2.91. The van der Waals surface area contributed by atoms with Crippen LogP contribution in [0, 0.1) is 0 Å². The summed E-state index contributed by atoms with van der Waals surface area (Å²) in [5.41, 5.74) is 0. The minimum absolute atomic E-state index is 0.0495. The normalized spacial score (nSPS) is 31.5. The molecule has 0 N–H and O–H groups in total. The van der Waals surface area contributed by atoms with Crippen LogP contribution < -0.4 is 0 Å². The summed E-state index contributed by atoms with van der Waals surface area (Å²) in [6.07, 6.45) is 6.90. The number of thioether (sulfide) groups is 1. The van der Waals surface area contributed by atoms with Crippen molar-refractivity contribution in [3.63, 3.8) is 0 Å². The molecule has 3 nitrogen and oxygen atoms in total. The zero-order chi connectivity index (χ0) is 9.97. The van der Waals surface area contributed by atoms with Crippen LogP contribution in [0.3, 0.4) is 0 Å². The first-order chi connectivity index (χ1) is 6.75. The first-order valence-electron chi connectivity index (χ1n) is 4.85. The molecule has 0 bridgehead atoms. The number of ether oxygens (including phenoxy) is 1. The van der Waals surface area contributed by atoms with Crippen LogP contribution in [0.25, 0.3) is 0 Å². The molecule has 2 heterocycles. The Hall–Kier alpha value is -0.770. The summed E-state index contributed by atoms with van der Waals surface area (Å²) in [5, 5.41) is 0.916. The van der Waals surface area contributed by atoms with Gasteiger partial charge in [-0.25, -0.2) is 0 Å². The number of esters is 1. The number of aliphatic imine (C=N–C) groups is 1. The van der Waals surface area contributed by atoms with Crippen LogP contribution >= 0.6 is 11.8 Å². The zero-order valence-corrected chi connectivity index (χ0v) is 8.92. The molecule has 4 heteroatoms. The van der Waals surface area contributed by atoms with Gasteiger partial charge in [0, 0.05) is 12.6 Å². The number of rotatable bonds is 2. The fourth-order valence-electron chi connectivity index (χ4n) is 1.53. The van der Waals surface area contributed by atoms with Crippen molar-refractivity contribution in [3.05, 3.63) is 11.1 Å². The molecule has 0 aliphatic carbocycles. The Morgan fingerprint density at radius 3 is 3.00 bits per heavy atom. The second kappa shape index (κ2) is 4.17. The largest absolute Gasteiger partial charge is 0.462 e. The highest BCUT2D eigenvalue weighted by Gasteiger charge is 2.33. The number of hydrogen-bond acceptors (Lipinski definition) is 4. The number of carbonyl (C=O) groups excluding carboxylic acids is 1. The fraction of sp³-hybridized carbons (Fsp3) is 0.600. The molecule has 2 unspecified atom stereocenters. The Bertz CT molecular complexity index is 298. The maximum Gasteiger partial charge on any atom is 0.319 e. The Labute approximate surface area is 87.6 Å². The molecule has 0 aromatic heterocycles. The van der Waals surface area contributed by atoms with Crippen molar-refractivity contribution >= 4 is 23.9 Å². The Morgan fingerprint density at radius 1 is 1.57 bits per heavy atom. The van der Waals surface area contributed by atoms with E-state index in [2.05, 4.69) is 11.1 Å². The number of hydrogen-bond donors (Lipinski definition) is 0. The van der Waals surface area contributed by atoms with Crippen molar-refractivity contribution in [2.24, 2.45) is 4.99 Å². The van der Waals surface area contributed by atoms with Gasteiger partial charge in [-0.15, -0.1) is 0 Å². The monoisotopic (exact) mass is 211 g/mol. The predicted octanol–water partition coefficient (Wildman–Crippen LogP) is 2.13. The van der Waals surface area contributed by atoms with Crippen LogP contribution in [0.15, 0.2) is 16.1 Å². The van der Waals surface area contributed by atoms with Gasteiger partial charge in [0.05, 0.1) is 5.03 Å². The maximum atomic E-state index is 11.3. The van der Waals surface area contributed by atoms with Crippen LogP contribution in [-0.4, -0.2) is 23.5 Å². The summed E-state index contributed by atoms with van der Waals surface area (Å²) in [6.45, 7) is 1.93. The average Bonchev–Trinajstić information content (AvgIpc) is 2.47. The van der Waals surface area contributed by atoms with E-state index < -0.39 is 0 Å². The van der Waals surface area contributed by atoms with E-state index in [9.17, 15) is 4.79 Å². The minimum Gasteiger partial charge on any atom is -0.462 e. The highest BCUT2D eigenvalue weighted by molar-refractivity contribution is 8.04. The first-order valence-corrected chi connectivity index (χ1v) is 5.73. The highest BCUT2D eigenvalue weighted by Crippen LogP contribution is 2.33. The van der Waals surface area contributed by atoms with Crippen molar-refractivity contribution in [1.82, 2.24) is 0 Å². The number of nitrogens with zero attached hydrogens (tertiary/aromatic N) is 1. The van der Waals surface area contributed by atoms with Gasteiger partial charge in [0.25, 0.3) is 0 Å². The van der Waals surface area contributed by atoms with E-state index >= 15 is 0 Å². The van der Waals surface area contributed by atoms with Gasteiger partial charge in [-0.1, -0.05) is 17.8 Å². The quantitative estimate of drug-likeness (QED) is 0.657. The lowest BCUT2D eigenvalue weighted by atomic mass is 10.3. The molecule has 2 atom stereocenters. The fourth-order valence-corrected chi connectivity index (χ4v) is 2.69.